The molecule has 0 radical (unpaired) electrons. The molecule has 3 aromatic rings. The maximum atomic E-state index is 13.4. The molecule has 1 saturated heterocycles. The summed E-state index contributed by atoms with van der Waals surface area (Å²) >= 11 is 0. The van der Waals surface area contributed by atoms with E-state index in [0.717, 1.165) is 48.4 Å². The Morgan fingerprint density at radius 2 is 1.93 bits per heavy atom. The minimum absolute atomic E-state index is 0.0202. The van der Waals surface area contributed by atoms with Crippen molar-refractivity contribution in [2.24, 2.45) is 7.05 Å². The minimum atomic E-state index is -0.236. The van der Waals surface area contributed by atoms with Gasteiger partial charge in [0.1, 0.15) is 17.3 Å². The van der Waals surface area contributed by atoms with Crippen molar-refractivity contribution in [2.45, 2.75) is 25.2 Å². The van der Waals surface area contributed by atoms with Gasteiger partial charge >= 0.3 is 0 Å². The second-order valence-corrected chi connectivity index (χ2v) is 7.77. The predicted molar refractivity (Wildman–Crippen MR) is 114 cm³/mol. The van der Waals surface area contributed by atoms with Gasteiger partial charge in [-0.3, -0.25) is 9.48 Å². The van der Waals surface area contributed by atoms with E-state index in [1.165, 1.54) is 12.1 Å². The zero-order valence-electron chi connectivity index (χ0n) is 17.3. The molecule has 156 valence electrons. The van der Waals surface area contributed by atoms with Crippen LogP contribution in [0.2, 0.25) is 0 Å². The highest BCUT2D eigenvalue weighted by molar-refractivity contribution is 5.93. The molecule has 30 heavy (non-hydrogen) atoms. The number of nitrogens with zero attached hydrogens (tertiary/aromatic N) is 3. The molecule has 2 heterocycles. The molecule has 0 N–H and O–H groups in total. The largest absolute Gasteiger partial charge is 0.497 e. The number of aryl methyl sites for hydroxylation is 1. The zero-order chi connectivity index (χ0) is 21.1. The lowest BCUT2D eigenvalue weighted by atomic mass is 9.94. The summed E-state index contributed by atoms with van der Waals surface area (Å²) < 4.78 is 20.3. The van der Waals surface area contributed by atoms with Gasteiger partial charge in [-0.25, -0.2) is 4.39 Å². The van der Waals surface area contributed by atoms with Crippen molar-refractivity contribution >= 4 is 5.91 Å². The summed E-state index contributed by atoms with van der Waals surface area (Å²) in [7, 11) is 3.43. The molecule has 1 amide bonds. The summed E-state index contributed by atoms with van der Waals surface area (Å²) in [4.78, 5) is 15.3. The van der Waals surface area contributed by atoms with E-state index in [0.29, 0.717) is 12.2 Å². The fourth-order valence-corrected chi connectivity index (χ4v) is 4.09. The van der Waals surface area contributed by atoms with Crippen LogP contribution in [-0.4, -0.2) is 40.8 Å². The Morgan fingerprint density at radius 3 is 2.70 bits per heavy atom. The van der Waals surface area contributed by atoms with E-state index < -0.39 is 0 Å². The highest BCUT2D eigenvalue weighted by atomic mass is 19.1. The Labute approximate surface area is 176 Å². The molecule has 1 aliphatic heterocycles. The second kappa shape index (κ2) is 8.69. The normalized spacial score (nSPS) is 16.9. The molecule has 0 spiro atoms. The quantitative estimate of drug-likeness (QED) is 0.633. The lowest BCUT2D eigenvalue weighted by Gasteiger charge is -2.24. The molecular formula is C24H26FN3O2. The monoisotopic (exact) mass is 407 g/mol. The van der Waals surface area contributed by atoms with E-state index in [4.69, 9.17) is 4.74 Å². The molecule has 6 heteroatoms. The second-order valence-electron chi connectivity index (χ2n) is 7.77. The van der Waals surface area contributed by atoms with Crippen molar-refractivity contribution in [3.05, 3.63) is 71.7 Å². The summed E-state index contributed by atoms with van der Waals surface area (Å²) in [6, 6.07) is 16.1. The van der Waals surface area contributed by atoms with Crippen LogP contribution in [0, 0.1) is 5.82 Å². The first-order valence-electron chi connectivity index (χ1n) is 10.3. The van der Waals surface area contributed by atoms with Gasteiger partial charge in [0, 0.05) is 31.6 Å². The molecule has 4 rings (SSSR count). The van der Waals surface area contributed by atoms with Crippen molar-refractivity contribution < 1.29 is 13.9 Å². The third-order valence-corrected chi connectivity index (χ3v) is 5.76. The van der Waals surface area contributed by atoms with Crippen molar-refractivity contribution in [1.82, 2.24) is 14.7 Å². The summed E-state index contributed by atoms with van der Waals surface area (Å²) in [5.74, 6) is 0.706. The fraction of sp³-hybridized carbons (Fsp3) is 0.333. The highest BCUT2D eigenvalue weighted by Crippen LogP contribution is 2.28. The molecule has 0 bridgehead atoms. The van der Waals surface area contributed by atoms with Crippen LogP contribution in [0.4, 0.5) is 4.39 Å². The summed E-state index contributed by atoms with van der Waals surface area (Å²) in [6.45, 7) is 1.35. The lowest BCUT2D eigenvalue weighted by Crippen LogP contribution is -2.35. The SMILES string of the molecule is COc1cccc(-c2cc(C(=O)N3CCCC[C@@H](c4ccc(F)cc4)C3)n(C)n2)c1. The van der Waals surface area contributed by atoms with Crippen molar-refractivity contribution in [3.8, 4) is 17.0 Å². The maximum absolute atomic E-state index is 13.4. The van der Waals surface area contributed by atoms with Crippen molar-refractivity contribution in [1.29, 1.82) is 0 Å². The molecule has 1 fully saturated rings. The lowest BCUT2D eigenvalue weighted by molar-refractivity contribution is 0.0743. The number of methoxy groups -OCH3 is 1. The Bertz CT molecular complexity index is 1030. The van der Waals surface area contributed by atoms with Crippen LogP contribution in [0.3, 0.4) is 0 Å². The first-order chi connectivity index (χ1) is 14.5. The van der Waals surface area contributed by atoms with E-state index in [1.54, 1.807) is 18.8 Å². The van der Waals surface area contributed by atoms with Crippen LogP contribution in [0.1, 0.15) is 41.2 Å². The third-order valence-electron chi connectivity index (χ3n) is 5.76. The fourth-order valence-electron chi connectivity index (χ4n) is 4.09. The van der Waals surface area contributed by atoms with Crippen molar-refractivity contribution in [3.63, 3.8) is 0 Å². The van der Waals surface area contributed by atoms with Gasteiger partial charge in [-0.1, -0.05) is 30.7 Å². The van der Waals surface area contributed by atoms with E-state index in [9.17, 15) is 9.18 Å². The van der Waals surface area contributed by atoms with Crippen LogP contribution in [0.25, 0.3) is 11.3 Å². The maximum Gasteiger partial charge on any atom is 0.272 e. The summed E-state index contributed by atoms with van der Waals surface area (Å²) in [6.07, 6.45) is 3.01. The number of halogens is 1. The average Bonchev–Trinajstić information content (AvgIpc) is 2.99. The number of rotatable bonds is 4. The number of amides is 1. The topological polar surface area (TPSA) is 47.4 Å². The molecular weight excluding hydrogens is 381 g/mol. The van der Waals surface area contributed by atoms with Gasteiger partial charge in [-0.2, -0.15) is 5.10 Å². The van der Waals surface area contributed by atoms with Gasteiger partial charge in [0.15, 0.2) is 0 Å². The van der Waals surface area contributed by atoms with E-state index in [1.807, 2.05) is 47.4 Å². The Balaban J connectivity index is 1.57. The number of aromatic nitrogens is 2. The van der Waals surface area contributed by atoms with Crippen LogP contribution in [0.5, 0.6) is 5.75 Å². The first-order valence-corrected chi connectivity index (χ1v) is 10.3. The van der Waals surface area contributed by atoms with E-state index >= 15 is 0 Å². The zero-order valence-corrected chi connectivity index (χ0v) is 17.3. The van der Waals surface area contributed by atoms with Crippen molar-refractivity contribution in [2.75, 3.05) is 20.2 Å². The smallest absolute Gasteiger partial charge is 0.272 e. The van der Waals surface area contributed by atoms with Gasteiger partial charge in [-0.15, -0.1) is 0 Å². The van der Waals surface area contributed by atoms with Crippen LogP contribution < -0.4 is 4.74 Å². The van der Waals surface area contributed by atoms with Gasteiger partial charge in [0.05, 0.1) is 12.8 Å². The standard InChI is InChI=1S/C24H26FN3O2/c1-27-23(15-22(26-27)18-7-5-8-21(14-18)30-2)24(29)28-13-4-3-6-19(16-28)17-9-11-20(25)12-10-17/h5,7-12,14-15,19H,3-4,6,13,16H2,1-2H3/t19-/m1/s1. The number of carbonyl (C=O) groups excluding carboxylic acids is 1. The van der Waals surface area contributed by atoms with Gasteiger partial charge in [0.2, 0.25) is 0 Å². The molecule has 2 aromatic carbocycles. The Morgan fingerprint density at radius 1 is 1.13 bits per heavy atom. The Kier molecular flexibility index (Phi) is 5.84. The molecule has 0 saturated carbocycles. The minimum Gasteiger partial charge on any atom is -0.497 e. The number of ether oxygens (including phenoxy) is 1. The average molecular weight is 407 g/mol. The van der Waals surface area contributed by atoms with Crippen LogP contribution in [-0.2, 0) is 7.05 Å². The molecule has 1 atom stereocenters. The number of carbonyl (C=O) groups is 1. The number of benzene rings is 2. The third kappa shape index (κ3) is 4.22. The van der Waals surface area contributed by atoms with Gasteiger partial charge < -0.3 is 9.64 Å². The van der Waals surface area contributed by atoms with Gasteiger partial charge in [0.25, 0.3) is 5.91 Å². The highest BCUT2D eigenvalue weighted by Gasteiger charge is 2.26. The Hall–Kier alpha value is -3.15. The molecule has 0 aliphatic carbocycles. The van der Waals surface area contributed by atoms with Crippen LogP contribution >= 0.6 is 0 Å². The first kappa shape index (κ1) is 20.1. The van der Waals surface area contributed by atoms with Crippen LogP contribution in [0.15, 0.2) is 54.6 Å². The van der Waals surface area contributed by atoms with E-state index in [2.05, 4.69) is 5.10 Å². The summed E-state index contributed by atoms with van der Waals surface area (Å²) in [5.41, 5.74) is 3.29. The number of likely N-dealkylation sites (tertiary alicyclic amines) is 1. The molecule has 5 nitrogen and oxygen atoms in total. The predicted octanol–water partition coefficient (Wildman–Crippen LogP) is 4.64. The summed E-state index contributed by atoms with van der Waals surface area (Å²) in [5, 5.41) is 4.55. The molecule has 0 unspecified atom stereocenters. The van der Waals surface area contributed by atoms with E-state index in [-0.39, 0.29) is 17.6 Å². The molecule has 1 aliphatic rings. The van der Waals surface area contributed by atoms with Gasteiger partial charge in [-0.05, 0) is 48.7 Å². The number of hydrogen-bond donors (Lipinski definition) is 0. The number of hydrogen-bond acceptors (Lipinski definition) is 3. The molecule has 1 aromatic heterocycles.